The Bertz CT molecular complexity index is 995. The Kier molecular flexibility index (Phi) is 4.77. The van der Waals surface area contributed by atoms with Gasteiger partial charge in [0.05, 0.1) is 0 Å². The number of para-hydroxylation sites is 2. The smallest absolute Gasteiger partial charge is 0.0500 e. The normalized spacial score (nSPS) is 10.5. The lowest BCUT2D eigenvalue weighted by Crippen LogP contribution is -2.09. The highest BCUT2D eigenvalue weighted by Crippen LogP contribution is 2.36. The Hall–Kier alpha value is -3.30. The first-order valence-electron chi connectivity index (χ1n) is 8.77. The summed E-state index contributed by atoms with van der Waals surface area (Å²) in [6.45, 7) is 3.82. The zero-order valence-corrected chi connectivity index (χ0v) is 15.7. The molecule has 27 heavy (non-hydrogen) atoms. The number of hydrogen-bond donors (Lipinski definition) is 1. The van der Waals surface area contributed by atoms with Crippen LogP contribution in [0.3, 0.4) is 0 Å². The topological polar surface area (TPSA) is 29.3 Å². The molecule has 0 saturated carbocycles. The molecule has 0 atom stereocenters. The Morgan fingerprint density at radius 2 is 1.19 bits per heavy atom. The van der Waals surface area contributed by atoms with E-state index in [-0.39, 0.29) is 0 Å². The highest BCUT2D eigenvalue weighted by molar-refractivity contribution is 7.16. The summed E-state index contributed by atoms with van der Waals surface area (Å²) in [5, 5.41) is 0. The van der Waals surface area contributed by atoms with Crippen molar-refractivity contribution < 1.29 is 0 Å². The van der Waals surface area contributed by atoms with Gasteiger partial charge in [-0.2, -0.15) is 0 Å². The van der Waals surface area contributed by atoms with Gasteiger partial charge in [-0.1, -0.05) is 55.1 Å². The number of thiophene rings is 1. The van der Waals surface area contributed by atoms with Crippen molar-refractivity contribution in [2.24, 2.45) is 5.73 Å². The first-order chi connectivity index (χ1) is 13.2. The van der Waals surface area contributed by atoms with Gasteiger partial charge in [0.15, 0.2) is 0 Å². The maximum Gasteiger partial charge on any atom is 0.0500 e. The largest absolute Gasteiger partial charge is 0.398 e. The minimum Gasteiger partial charge on any atom is -0.398 e. The molecule has 2 nitrogen and oxygen atoms in total. The lowest BCUT2D eigenvalue weighted by atomic mass is 10.1. The standard InChI is InChI=1S/C24H20N2S/c1-18(25)23-16-17-24(27-23)19-12-14-22(15-13-19)26(20-8-4-2-5-9-20)21-10-6-3-7-11-21/h2-17H,1,25H2. The van der Waals surface area contributed by atoms with Crippen LogP contribution in [-0.4, -0.2) is 0 Å². The third kappa shape index (κ3) is 3.64. The molecule has 0 bridgehead atoms. The van der Waals surface area contributed by atoms with Crippen LogP contribution < -0.4 is 10.6 Å². The van der Waals surface area contributed by atoms with Gasteiger partial charge in [0.25, 0.3) is 0 Å². The molecule has 3 aromatic carbocycles. The first-order valence-corrected chi connectivity index (χ1v) is 9.59. The predicted octanol–water partition coefficient (Wildman–Crippen LogP) is 6.81. The molecule has 1 aromatic heterocycles. The fraction of sp³-hybridized carbons (Fsp3) is 0. The van der Waals surface area contributed by atoms with Crippen molar-refractivity contribution >= 4 is 34.1 Å². The van der Waals surface area contributed by atoms with E-state index in [2.05, 4.69) is 90.3 Å². The van der Waals surface area contributed by atoms with Gasteiger partial charge in [-0.05, 0) is 54.1 Å². The van der Waals surface area contributed by atoms with E-state index < -0.39 is 0 Å². The number of nitrogens with two attached hydrogens (primary N) is 1. The van der Waals surface area contributed by atoms with Crippen LogP contribution >= 0.6 is 11.3 Å². The third-order valence-electron chi connectivity index (χ3n) is 4.36. The van der Waals surface area contributed by atoms with Gasteiger partial charge in [-0.25, -0.2) is 0 Å². The maximum absolute atomic E-state index is 5.81. The van der Waals surface area contributed by atoms with Crippen LogP contribution in [0.25, 0.3) is 16.1 Å². The lowest BCUT2D eigenvalue weighted by molar-refractivity contribution is 1.28. The predicted molar refractivity (Wildman–Crippen MR) is 118 cm³/mol. The fourth-order valence-electron chi connectivity index (χ4n) is 3.04. The zero-order chi connectivity index (χ0) is 18.6. The molecule has 1 heterocycles. The van der Waals surface area contributed by atoms with Gasteiger partial charge < -0.3 is 10.6 Å². The molecule has 132 valence electrons. The average Bonchev–Trinajstić information content (AvgIpc) is 3.21. The van der Waals surface area contributed by atoms with E-state index in [1.165, 1.54) is 10.4 Å². The molecule has 4 aromatic rings. The average molecular weight is 369 g/mol. The number of nitrogens with zero attached hydrogens (tertiary/aromatic N) is 1. The highest BCUT2D eigenvalue weighted by atomic mass is 32.1. The fourth-order valence-corrected chi connectivity index (χ4v) is 3.94. The Morgan fingerprint density at radius 3 is 1.67 bits per heavy atom. The summed E-state index contributed by atoms with van der Waals surface area (Å²) in [5.41, 5.74) is 11.0. The molecular formula is C24H20N2S. The summed E-state index contributed by atoms with van der Waals surface area (Å²) in [7, 11) is 0. The molecule has 0 fully saturated rings. The van der Waals surface area contributed by atoms with Gasteiger partial charge in [-0.3, -0.25) is 0 Å². The molecule has 0 amide bonds. The van der Waals surface area contributed by atoms with Crippen molar-refractivity contribution in [1.82, 2.24) is 0 Å². The minimum atomic E-state index is 0.613. The summed E-state index contributed by atoms with van der Waals surface area (Å²) in [6, 6.07) is 33.6. The summed E-state index contributed by atoms with van der Waals surface area (Å²) in [6.07, 6.45) is 0. The molecule has 0 aliphatic heterocycles. The van der Waals surface area contributed by atoms with E-state index in [0.29, 0.717) is 5.70 Å². The highest BCUT2D eigenvalue weighted by Gasteiger charge is 2.12. The Balaban J connectivity index is 1.72. The van der Waals surface area contributed by atoms with Crippen molar-refractivity contribution in [3.05, 3.63) is 109 Å². The van der Waals surface area contributed by atoms with Crippen LogP contribution in [0.1, 0.15) is 4.88 Å². The Labute approximate surface area is 163 Å². The number of rotatable bonds is 5. The van der Waals surface area contributed by atoms with E-state index in [0.717, 1.165) is 21.9 Å². The molecular weight excluding hydrogens is 348 g/mol. The van der Waals surface area contributed by atoms with Crippen LogP contribution in [-0.2, 0) is 0 Å². The second-order valence-electron chi connectivity index (χ2n) is 6.24. The van der Waals surface area contributed by atoms with Crippen molar-refractivity contribution in [2.45, 2.75) is 0 Å². The van der Waals surface area contributed by atoms with E-state index in [1.54, 1.807) is 11.3 Å². The van der Waals surface area contributed by atoms with E-state index in [9.17, 15) is 0 Å². The summed E-state index contributed by atoms with van der Waals surface area (Å²) >= 11 is 1.66. The second kappa shape index (κ2) is 7.52. The van der Waals surface area contributed by atoms with Crippen molar-refractivity contribution in [2.75, 3.05) is 4.90 Å². The van der Waals surface area contributed by atoms with Crippen molar-refractivity contribution in [1.29, 1.82) is 0 Å². The quantitative estimate of drug-likeness (QED) is 0.419. The van der Waals surface area contributed by atoms with Gasteiger partial charge in [0.2, 0.25) is 0 Å². The van der Waals surface area contributed by atoms with Crippen LogP contribution in [0.15, 0.2) is 104 Å². The SMILES string of the molecule is C=C(N)c1ccc(-c2ccc(N(c3ccccc3)c3ccccc3)cc2)s1. The Morgan fingerprint density at radius 1 is 0.667 bits per heavy atom. The lowest BCUT2D eigenvalue weighted by Gasteiger charge is -2.25. The third-order valence-corrected chi connectivity index (χ3v) is 5.57. The summed E-state index contributed by atoms with van der Waals surface area (Å²) in [5.74, 6) is 0. The zero-order valence-electron chi connectivity index (χ0n) is 14.9. The number of anilines is 3. The monoisotopic (exact) mass is 368 g/mol. The van der Waals surface area contributed by atoms with Crippen molar-refractivity contribution in [3.63, 3.8) is 0 Å². The molecule has 0 radical (unpaired) electrons. The molecule has 3 heteroatoms. The van der Waals surface area contributed by atoms with E-state index in [4.69, 9.17) is 5.73 Å². The van der Waals surface area contributed by atoms with Crippen LogP contribution in [0.5, 0.6) is 0 Å². The van der Waals surface area contributed by atoms with Gasteiger partial charge in [0.1, 0.15) is 0 Å². The maximum atomic E-state index is 5.81. The molecule has 0 aliphatic carbocycles. The van der Waals surface area contributed by atoms with Gasteiger partial charge >= 0.3 is 0 Å². The summed E-state index contributed by atoms with van der Waals surface area (Å²) in [4.78, 5) is 4.46. The molecule has 4 rings (SSSR count). The number of hydrogen-bond acceptors (Lipinski definition) is 3. The van der Waals surface area contributed by atoms with Crippen molar-refractivity contribution in [3.8, 4) is 10.4 Å². The molecule has 0 spiro atoms. The van der Waals surface area contributed by atoms with Crippen LogP contribution in [0.2, 0.25) is 0 Å². The van der Waals surface area contributed by atoms with Gasteiger partial charge in [0, 0.05) is 32.5 Å². The second-order valence-corrected chi connectivity index (χ2v) is 7.33. The van der Waals surface area contributed by atoms with E-state index >= 15 is 0 Å². The minimum absolute atomic E-state index is 0.613. The van der Waals surface area contributed by atoms with E-state index in [1.807, 2.05) is 18.2 Å². The molecule has 0 saturated heterocycles. The van der Waals surface area contributed by atoms with Gasteiger partial charge in [-0.15, -0.1) is 11.3 Å². The molecule has 2 N–H and O–H groups in total. The molecule has 0 aliphatic rings. The summed E-state index contributed by atoms with van der Waals surface area (Å²) < 4.78 is 0. The van der Waals surface area contributed by atoms with Crippen LogP contribution in [0, 0.1) is 0 Å². The first kappa shape index (κ1) is 17.1. The van der Waals surface area contributed by atoms with Crippen LogP contribution in [0.4, 0.5) is 17.1 Å². The molecule has 0 unspecified atom stereocenters. The number of benzene rings is 3.